The van der Waals surface area contributed by atoms with Crippen LogP contribution in [0.2, 0.25) is 0 Å². The van der Waals surface area contributed by atoms with Crippen molar-refractivity contribution in [3.8, 4) is 0 Å². The van der Waals surface area contributed by atoms with Crippen LogP contribution in [0.5, 0.6) is 0 Å². The van der Waals surface area contributed by atoms with Crippen molar-refractivity contribution >= 4 is 29.2 Å². The molecule has 0 saturated carbocycles. The maximum Gasteiger partial charge on any atom is 0.418 e. The molecule has 1 N–H and O–H groups in total. The zero-order chi connectivity index (χ0) is 20.6. The van der Waals surface area contributed by atoms with Gasteiger partial charge in [0.1, 0.15) is 5.92 Å². The third-order valence-corrected chi connectivity index (χ3v) is 5.62. The van der Waals surface area contributed by atoms with Crippen molar-refractivity contribution in [1.82, 2.24) is 0 Å². The molecule has 0 radical (unpaired) electrons. The van der Waals surface area contributed by atoms with Gasteiger partial charge in [0.2, 0.25) is 5.91 Å². The Morgan fingerprint density at radius 3 is 2.59 bits per heavy atom. The first-order chi connectivity index (χ1) is 13.8. The number of alkyl halides is 3. The van der Waals surface area contributed by atoms with Gasteiger partial charge < -0.3 is 10.2 Å². The summed E-state index contributed by atoms with van der Waals surface area (Å²) in [6, 6.07) is 11.4. The number of nitrogens with zero attached hydrogens (tertiary/aromatic N) is 2. The fourth-order valence-electron chi connectivity index (χ4n) is 3.90. The van der Waals surface area contributed by atoms with Crippen LogP contribution in [0.15, 0.2) is 47.5 Å². The van der Waals surface area contributed by atoms with E-state index >= 15 is 0 Å². The number of aliphatic imine (C=N–C) groups is 1. The highest BCUT2D eigenvalue weighted by molar-refractivity contribution is 6.12. The molecule has 2 aliphatic rings. The highest BCUT2D eigenvalue weighted by atomic mass is 19.4. The van der Waals surface area contributed by atoms with Crippen molar-refractivity contribution in [2.75, 3.05) is 23.3 Å². The number of fused-ring (bicyclic) bond motifs is 1. The maximum absolute atomic E-state index is 13.7. The molecule has 0 spiro atoms. The summed E-state index contributed by atoms with van der Waals surface area (Å²) in [5.41, 5.74) is 1.19. The summed E-state index contributed by atoms with van der Waals surface area (Å²) < 4.78 is 41.2. The summed E-state index contributed by atoms with van der Waals surface area (Å²) in [5.74, 6) is -0.307. The van der Waals surface area contributed by atoms with Crippen LogP contribution >= 0.6 is 0 Å². The number of nitrogens with one attached hydrogen (secondary N) is 1. The molecule has 1 atom stereocenters. The first-order valence-electron chi connectivity index (χ1n) is 9.73. The minimum Gasteiger partial charge on any atom is -0.371 e. The smallest absolute Gasteiger partial charge is 0.371 e. The van der Waals surface area contributed by atoms with E-state index in [2.05, 4.69) is 17.2 Å². The Balaban J connectivity index is 1.62. The van der Waals surface area contributed by atoms with E-state index in [1.54, 1.807) is 17.0 Å². The van der Waals surface area contributed by atoms with Gasteiger partial charge in [-0.1, -0.05) is 25.1 Å². The summed E-state index contributed by atoms with van der Waals surface area (Å²) >= 11 is 0. The second-order valence-electron chi connectivity index (χ2n) is 7.70. The molecule has 1 saturated heterocycles. The predicted molar refractivity (Wildman–Crippen MR) is 108 cm³/mol. The average Bonchev–Trinajstić information content (AvgIpc) is 3.01. The number of benzene rings is 2. The molecular weight excluding hydrogens is 379 g/mol. The van der Waals surface area contributed by atoms with Crippen molar-refractivity contribution in [3.63, 3.8) is 0 Å². The topological polar surface area (TPSA) is 44.7 Å². The molecule has 4 rings (SSSR count). The van der Waals surface area contributed by atoms with Gasteiger partial charge in [-0.15, -0.1) is 0 Å². The molecule has 7 heteroatoms. The van der Waals surface area contributed by atoms with Crippen molar-refractivity contribution in [3.05, 3.63) is 53.6 Å². The molecule has 152 valence electrons. The van der Waals surface area contributed by atoms with Gasteiger partial charge in [-0.25, -0.2) is 0 Å². The lowest BCUT2D eigenvalue weighted by atomic mass is 9.98. The second-order valence-corrected chi connectivity index (χ2v) is 7.70. The van der Waals surface area contributed by atoms with E-state index in [1.807, 2.05) is 18.2 Å². The molecule has 2 aliphatic heterocycles. The van der Waals surface area contributed by atoms with Gasteiger partial charge in [0.05, 0.1) is 11.3 Å². The monoisotopic (exact) mass is 401 g/mol. The van der Waals surface area contributed by atoms with Gasteiger partial charge in [0.15, 0.2) is 0 Å². The molecule has 29 heavy (non-hydrogen) atoms. The van der Waals surface area contributed by atoms with Crippen molar-refractivity contribution in [1.29, 1.82) is 0 Å². The van der Waals surface area contributed by atoms with Gasteiger partial charge in [0, 0.05) is 30.7 Å². The summed E-state index contributed by atoms with van der Waals surface area (Å²) in [5, 5.41) is 2.76. The van der Waals surface area contributed by atoms with E-state index in [-0.39, 0.29) is 17.3 Å². The molecule has 1 unspecified atom stereocenters. The predicted octanol–water partition coefficient (Wildman–Crippen LogP) is 5.38. The minimum absolute atomic E-state index is 0.184. The lowest BCUT2D eigenvalue weighted by Gasteiger charge is -2.33. The molecule has 4 nitrogen and oxygen atoms in total. The highest BCUT2D eigenvalue weighted by Gasteiger charge is 2.36. The minimum atomic E-state index is -4.47. The molecule has 2 heterocycles. The van der Waals surface area contributed by atoms with E-state index < -0.39 is 17.7 Å². The number of hydrogen-bond acceptors (Lipinski definition) is 3. The Morgan fingerprint density at radius 2 is 1.86 bits per heavy atom. The summed E-state index contributed by atoms with van der Waals surface area (Å²) in [6.45, 7) is 3.36. The van der Waals surface area contributed by atoms with E-state index in [9.17, 15) is 18.0 Å². The molecule has 0 bridgehead atoms. The number of hydrogen-bond donors (Lipinski definition) is 1. The Labute approximate surface area is 167 Å². The second kappa shape index (κ2) is 7.54. The van der Waals surface area contributed by atoms with E-state index in [0.717, 1.165) is 24.5 Å². The van der Waals surface area contributed by atoms with E-state index in [1.165, 1.54) is 12.3 Å². The van der Waals surface area contributed by atoms with Gasteiger partial charge in [-0.05, 0) is 48.6 Å². The number of rotatable bonds is 3. The summed E-state index contributed by atoms with van der Waals surface area (Å²) in [6.07, 6.45) is -1.29. The number of amides is 1. The largest absolute Gasteiger partial charge is 0.418 e. The van der Waals surface area contributed by atoms with Crippen LogP contribution in [0.4, 0.5) is 30.2 Å². The van der Waals surface area contributed by atoms with E-state index in [0.29, 0.717) is 24.7 Å². The normalized spacial score (nSPS) is 20.2. The van der Waals surface area contributed by atoms with Crippen LogP contribution in [0.3, 0.4) is 0 Å². The molecule has 2 aromatic carbocycles. The highest BCUT2D eigenvalue weighted by Crippen LogP contribution is 2.40. The Kier molecular flexibility index (Phi) is 5.06. The number of halogens is 3. The SMILES string of the molecule is CC1CCN(c2ccc(N=CC3C(=O)Nc4ccccc43)cc2C(F)(F)F)CC1. The van der Waals surface area contributed by atoms with Crippen LogP contribution in [-0.4, -0.2) is 25.2 Å². The number of carbonyl (C=O) groups excluding carboxylic acids is 1. The first kappa shape index (κ1) is 19.5. The number of carbonyl (C=O) groups is 1. The zero-order valence-corrected chi connectivity index (χ0v) is 16.0. The van der Waals surface area contributed by atoms with Gasteiger partial charge in [-0.2, -0.15) is 13.2 Å². The molecule has 2 aromatic rings. The summed E-state index contributed by atoms with van der Waals surface area (Å²) in [4.78, 5) is 18.2. The third kappa shape index (κ3) is 3.99. The lowest BCUT2D eigenvalue weighted by molar-refractivity contribution is -0.137. The van der Waals surface area contributed by atoms with Crippen LogP contribution in [0.1, 0.15) is 36.8 Å². The fraction of sp³-hybridized carbons (Fsp3) is 0.364. The van der Waals surface area contributed by atoms with Crippen LogP contribution in [0, 0.1) is 5.92 Å². The number of anilines is 2. The Bertz CT molecular complexity index is 947. The van der Waals surface area contributed by atoms with Crippen LogP contribution < -0.4 is 10.2 Å². The van der Waals surface area contributed by atoms with Gasteiger partial charge in [0.25, 0.3) is 0 Å². The summed E-state index contributed by atoms with van der Waals surface area (Å²) in [7, 11) is 0. The third-order valence-electron chi connectivity index (χ3n) is 5.62. The lowest BCUT2D eigenvalue weighted by Crippen LogP contribution is -2.34. The van der Waals surface area contributed by atoms with Crippen LogP contribution in [-0.2, 0) is 11.0 Å². The quantitative estimate of drug-likeness (QED) is 0.702. The molecule has 0 aliphatic carbocycles. The van der Waals surface area contributed by atoms with Gasteiger partial charge >= 0.3 is 6.18 Å². The molecule has 1 fully saturated rings. The average molecular weight is 401 g/mol. The van der Waals surface area contributed by atoms with Crippen molar-refractivity contribution < 1.29 is 18.0 Å². The first-order valence-corrected chi connectivity index (χ1v) is 9.73. The van der Waals surface area contributed by atoms with Crippen molar-refractivity contribution in [2.45, 2.75) is 31.9 Å². The Morgan fingerprint density at radius 1 is 1.14 bits per heavy atom. The molecular formula is C22H22F3N3O. The molecule has 0 aromatic heterocycles. The van der Waals surface area contributed by atoms with Gasteiger partial charge in [-0.3, -0.25) is 9.79 Å². The van der Waals surface area contributed by atoms with E-state index in [4.69, 9.17) is 0 Å². The number of piperidine rings is 1. The standard InChI is InChI=1S/C22H22F3N3O/c1-14-8-10-28(11-9-14)20-7-6-15(12-18(20)22(23,24)25)26-13-17-16-4-2-3-5-19(16)27-21(17)29/h2-7,12-14,17H,8-11H2,1H3,(H,27,29). The van der Waals surface area contributed by atoms with Crippen LogP contribution in [0.25, 0.3) is 0 Å². The zero-order valence-electron chi connectivity index (χ0n) is 16.0. The number of para-hydroxylation sites is 1. The Hall–Kier alpha value is -2.83. The van der Waals surface area contributed by atoms with Crippen molar-refractivity contribution in [2.24, 2.45) is 10.9 Å². The maximum atomic E-state index is 13.7. The molecule has 1 amide bonds. The fourth-order valence-corrected chi connectivity index (χ4v) is 3.90.